The van der Waals surface area contributed by atoms with Crippen LogP contribution in [-0.2, 0) is 14.6 Å². The van der Waals surface area contributed by atoms with Gasteiger partial charge in [0.2, 0.25) is 0 Å². The highest BCUT2D eigenvalue weighted by atomic mass is 32.2. The monoisotopic (exact) mass is 292 g/mol. The topological polar surface area (TPSA) is 113 Å². The Labute approximate surface area is 112 Å². The molecule has 0 spiro atoms. The summed E-state index contributed by atoms with van der Waals surface area (Å²) < 4.78 is 22.0. The van der Waals surface area contributed by atoms with E-state index in [-0.39, 0.29) is 23.6 Å². The Kier molecular flexibility index (Phi) is 4.44. The summed E-state index contributed by atoms with van der Waals surface area (Å²) in [6.45, 7) is 3.99. The SMILES string of the molecule is CC1(C)CC1NC(=O)NC(CCS(C)(=O)=O)C(=O)O. The number of carbonyl (C=O) groups excluding carboxylic acids is 1. The first kappa shape index (κ1) is 15.7. The van der Waals surface area contributed by atoms with Crippen molar-refractivity contribution in [3.05, 3.63) is 0 Å². The molecule has 110 valence electrons. The first-order chi connectivity index (χ1) is 8.51. The molecule has 0 aliphatic heterocycles. The molecule has 1 aliphatic carbocycles. The Morgan fingerprint density at radius 3 is 2.32 bits per heavy atom. The molecule has 3 N–H and O–H groups in total. The van der Waals surface area contributed by atoms with Gasteiger partial charge >= 0.3 is 12.0 Å². The maximum absolute atomic E-state index is 11.6. The fraction of sp³-hybridized carbons (Fsp3) is 0.818. The molecule has 0 aromatic heterocycles. The highest BCUT2D eigenvalue weighted by Crippen LogP contribution is 2.44. The number of amides is 2. The van der Waals surface area contributed by atoms with E-state index >= 15 is 0 Å². The zero-order chi connectivity index (χ0) is 14.8. The number of carbonyl (C=O) groups is 2. The van der Waals surface area contributed by atoms with Gasteiger partial charge in [0.25, 0.3) is 0 Å². The number of rotatable bonds is 6. The minimum absolute atomic E-state index is 0.0388. The Bertz CT molecular complexity index is 471. The zero-order valence-electron chi connectivity index (χ0n) is 11.3. The number of hydrogen-bond donors (Lipinski definition) is 3. The molecule has 2 atom stereocenters. The van der Waals surface area contributed by atoms with Crippen molar-refractivity contribution in [1.82, 2.24) is 10.6 Å². The van der Waals surface area contributed by atoms with Crippen LogP contribution in [0.5, 0.6) is 0 Å². The van der Waals surface area contributed by atoms with E-state index in [2.05, 4.69) is 10.6 Å². The third kappa shape index (κ3) is 5.46. The fourth-order valence-electron chi connectivity index (χ4n) is 1.66. The summed E-state index contributed by atoms with van der Waals surface area (Å²) in [5, 5.41) is 13.9. The second-order valence-corrected chi connectivity index (χ2v) is 7.93. The number of carboxylic acids is 1. The van der Waals surface area contributed by atoms with Gasteiger partial charge in [-0.3, -0.25) is 0 Å². The summed E-state index contributed by atoms with van der Waals surface area (Å²) in [6.07, 6.45) is 1.73. The average Bonchev–Trinajstić information content (AvgIpc) is 2.78. The molecule has 1 saturated carbocycles. The molecular formula is C11H20N2O5S. The van der Waals surface area contributed by atoms with Crippen LogP contribution in [0.4, 0.5) is 4.79 Å². The number of nitrogens with one attached hydrogen (secondary N) is 2. The first-order valence-electron chi connectivity index (χ1n) is 5.99. The molecular weight excluding hydrogens is 272 g/mol. The predicted molar refractivity (Wildman–Crippen MR) is 69.6 cm³/mol. The molecule has 2 amide bonds. The van der Waals surface area contributed by atoms with Crippen LogP contribution in [0.2, 0.25) is 0 Å². The largest absolute Gasteiger partial charge is 0.480 e. The van der Waals surface area contributed by atoms with Crippen molar-refractivity contribution in [2.75, 3.05) is 12.0 Å². The van der Waals surface area contributed by atoms with Crippen LogP contribution in [0, 0.1) is 5.41 Å². The van der Waals surface area contributed by atoms with Crippen molar-refractivity contribution in [1.29, 1.82) is 0 Å². The summed E-state index contributed by atoms with van der Waals surface area (Å²) in [5.41, 5.74) is 0.0445. The minimum atomic E-state index is -3.25. The van der Waals surface area contributed by atoms with Gasteiger partial charge in [-0.2, -0.15) is 0 Å². The maximum atomic E-state index is 11.6. The van der Waals surface area contributed by atoms with Crippen LogP contribution in [0.1, 0.15) is 26.7 Å². The van der Waals surface area contributed by atoms with Crippen LogP contribution in [0.15, 0.2) is 0 Å². The van der Waals surface area contributed by atoms with Crippen molar-refractivity contribution in [2.45, 2.75) is 38.8 Å². The molecule has 2 unspecified atom stereocenters. The van der Waals surface area contributed by atoms with Crippen molar-refractivity contribution < 1.29 is 23.1 Å². The molecule has 0 saturated heterocycles. The van der Waals surface area contributed by atoms with E-state index in [1.54, 1.807) is 0 Å². The van der Waals surface area contributed by atoms with E-state index in [9.17, 15) is 18.0 Å². The maximum Gasteiger partial charge on any atom is 0.326 e. The van der Waals surface area contributed by atoms with Gasteiger partial charge in [-0.15, -0.1) is 0 Å². The van der Waals surface area contributed by atoms with Crippen molar-refractivity contribution in [3.63, 3.8) is 0 Å². The van der Waals surface area contributed by atoms with Gasteiger partial charge in [0.15, 0.2) is 0 Å². The van der Waals surface area contributed by atoms with Gasteiger partial charge < -0.3 is 15.7 Å². The van der Waals surface area contributed by atoms with Crippen LogP contribution in [0.25, 0.3) is 0 Å². The number of aliphatic carboxylic acids is 1. The van der Waals surface area contributed by atoms with Crippen LogP contribution >= 0.6 is 0 Å². The quantitative estimate of drug-likeness (QED) is 0.636. The van der Waals surface area contributed by atoms with Gasteiger partial charge in [-0.05, 0) is 18.3 Å². The van der Waals surface area contributed by atoms with Gasteiger partial charge in [0, 0.05) is 12.3 Å². The molecule has 8 heteroatoms. The smallest absolute Gasteiger partial charge is 0.326 e. The number of urea groups is 1. The number of sulfone groups is 1. The molecule has 0 aromatic carbocycles. The van der Waals surface area contributed by atoms with Crippen molar-refractivity contribution in [3.8, 4) is 0 Å². The average molecular weight is 292 g/mol. The Balaban J connectivity index is 2.45. The second kappa shape index (κ2) is 5.36. The minimum Gasteiger partial charge on any atom is -0.480 e. The standard InChI is InChI=1S/C11H20N2O5S/c1-11(2)6-8(11)13-10(16)12-7(9(14)15)4-5-19(3,17)18/h7-8H,4-6H2,1-3H3,(H,14,15)(H2,12,13,16). The number of hydrogen-bond acceptors (Lipinski definition) is 4. The lowest BCUT2D eigenvalue weighted by molar-refractivity contribution is -0.139. The molecule has 1 fully saturated rings. The number of carboxylic acid groups (broad SMARTS) is 1. The summed E-state index contributed by atoms with van der Waals surface area (Å²) >= 11 is 0. The Hall–Kier alpha value is -1.31. The molecule has 0 bridgehead atoms. The van der Waals surface area contributed by atoms with Gasteiger partial charge in [-0.1, -0.05) is 13.8 Å². The molecule has 0 radical (unpaired) electrons. The highest BCUT2D eigenvalue weighted by molar-refractivity contribution is 7.90. The lowest BCUT2D eigenvalue weighted by Gasteiger charge is -2.15. The Morgan fingerprint density at radius 1 is 1.42 bits per heavy atom. The lowest BCUT2D eigenvalue weighted by Crippen LogP contribution is -2.47. The molecule has 7 nitrogen and oxygen atoms in total. The van der Waals surface area contributed by atoms with Gasteiger partial charge in [0.05, 0.1) is 5.75 Å². The van der Waals surface area contributed by atoms with Crippen LogP contribution in [-0.4, -0.2) is 49.6 Å². The summed E-state index contributed by atoms with van der Waals surface area (Å²) in [4.78, 5) is 22.5. The van der Waals surface area contributed by atoms with Crippen molar-refractivity contribution in [2.24, 2.45) is 5.41 Å². The van der Waals surface area contributed by atoms with Crippen LogP contribution in [0.3, 0.4) is 0 Å². The first-order valence-corrected chi connectivity index (χ1v) is 8.05. The normalized spacial score (nSPS) is 22.4. The van der Waals surface area contributed by atoms with E-state index < -0.39 is 27.9 Å². The summed E-state index contributed by atoms with van der Waals surface area (Å²) in [6, 6.07) is -1.73. The van der Waals surface area contributed by atoms with E-state index in [4.69, 9.17) is 5.11 Å². The lowest BCUT2D eigenvalue weighted by atomic mass is 10.2. The molecule has 1 rings (SSSR count). The van der Waals surface area contributed by atoms with Crippen LogP contribution < -0.4 is 10.6 Å². The van der Waals surface area contributed by atoms with Gasteiger partial charge in [-0.25, -0.2) is 18.0 Å². The fourth-order valence-corrected chi connectivity index (χ4v) is 2.32. The molecule has 0 heterocycles. The predicted octanol–water partition coefficient (Wildman–Crippen LogP) is -0.0280. The Morgan fingerprint density at radius 2 is 1.95 bits per heavy atom. The van der Waals surface area contributed by atoms with E-state index in [0.29, 0.717) is 0 Å². The molecule has 19 heavy (non-hydrogen) atoms. The zero-order valence-corrected chi connectivity index (χ0v) is 12.1. The van der Waals surface area contributed by atoms with Crippen molar-refractivity contribution >= 4 is 21.8 Å². The van der Waals surface area contributed by atoms with E-state index in [1.807, 2.05) is 13.8 Å². The highest BCUT2D eigenvalue weighted by Gasteiger charge is 2.46. The third-order valence-corrected chi connectivity index (χ3v) is 4.18. The summed E-state index contributed by atoms with van der Waals surface area (Å²) in [7, 11) is -3.25. The molecule has 1 aliphatic rings. The molecule has 0 aromatic rings. The van der Waals surface area contributed by atoms with E-state index in [1.165, 1.54) is 0 Å². The third-order valence-electron chi connectivity index (χ3n) is 3.20. The van der Waals surface area contributed by atoms with E-state index in [0.717, 1.165) is 12.7 Å². The second-order valence-electron chi connectivity index (χ2n) is 5.67. The summed E-state index contributed by atoms with van der Waals surface area (Å²) in [5.74, 6) is -1.52. The van der Waals surface area contributed by atoms with Gasteiger partial charge in [0.1, 0.15) is 15.9 Å².